The zero-order chi connectivity index (χ0) is 16.5. The lowest BCUT2D eigenvalue weighted by molar-refractivity contribution is 0.415. The molecule has 1 aromatic carbocycles. The van der Waals surface area contributed by atoms with E-state index >= 15 is 0 Å². The first kappa shape index (κ1) is 17.1. The highest BCUT2D eigenvalue weighted by atomic mass is 32.2. The average Bonchev–Trinajstić information content (AvgIpc) is 3.03. The Hall–Kier alpha value is -2.29. The third-order valence-electron chi connectivity index (χ3n) is 2.94. The van der Waals surface area contributed by atoms with Gasteiger partial charge in [0.25, 0.3) is 0 Å². The van der Waals surface area contributed by atoms with E-state index in [4.69, 9.17) is 15.3 Å². The molecule has 0 aliphatic carbocycles. The third-order valence-corrected chi connectivity index (χ3v) is 5.08. The van der Waals surface area contributed by atoms with Crippen LogP contribution in [0.25, 0.3) is 0 Å². The van der Waals surface area contributed by atoms with Crippen molar-refractivity contribution in [2.45, 2.75) is 17.2 Å². The number of nitriles is 2. The molecule has 0 bridgehead atoms. The van der Waals surface area contributed by atoms with Gasteiger partial charge in [-0.25, -0.2) is 0 Å². The summed E-state index contributed by atoms with van der Waals surface area (Å²) < 4.78 is 5.92. The van der Waals surface area contributed by atoms with Crippen molar-refractivity contribution in [3.05, 3.63) is 24.3 Å². The van der Waals surface area contributed by atoms with Crippen molar-refractivity contribution < 1.29 is 4.74 Å². The van der Waals surface area contributed by atoms with E-state index in [0.29, 0.717) is 23.7 Å². The Morgan fingerprint density at radius 3 is 2.74 bits per heavy atom. The zero-order valence-corrected chi connectivity index (χ0v) is 14.2. The van der Waals surface area contributed by atoms with Gasteiger partial charge in [0, 0.05) is 17.9 Å². The molecule has 8 heteroatoms. The highest BCUT2D eigenvalue weighted by molar-refractivity contribution is 8.01. The first-order chi connectivity index (χ1) is 11.2. The molecule has 1 N–H and O–H groups in total. The second kappa shape index (κ2) is 8.99. The molecule has 0 radical (unpaired) electrons. The van der Waals surface area contributed by atoms with Gasteiger partial charge in [0.15, 0.2) is 4.34 Å². The number of hydrogen-bond donors (Lipinski definition) is 1. The first-order valence-electron chi connectivity index (χ1n) is 6.89. The second-order valence-electron chi connectivity index (χ2n) is 4.56. The van der Waals surface area contributed by atoms with Crippen LogP contribution in [0, 0.1) is 28.6 Å². The van der Waals surface area contributed by atoms with Crippen molar-refractivity contribution in [1.82, 2.24) is 10.2 Å². The minimum absolute atomic E-state index is 0.137. The normalized spacial score (nSPS) is 11.3. The molecule has 0 aliphatic heterocycles. The van der Waals surface area contributed by atoms with E-state index < -0.39 is 0 Å². The molecule has 6 nitrogen and oxygen atoms in total. The SMILES string of the molecule is COc1ccc(Nc2nnc(SC[C@H](C#N)CCC#N)s2)cc1. The summed E-state index contributed by atoms with van der Waals surface area (Å²) in [6.07, 6.45) is 0.995. The van der Waals surface area contributed by atoms with E-state index in [1.165, 1.54) is 23.1 Å². The van der Waals surface area contributed by atoms with Crippen LogP contribution in [0.5, 0.6) is 5.75 Å². The monoisotopic (exact) mass is 345 g/mol. The number of hydrogen-bond acceptors (Lipinski definition) is 8. The maximum absolute atomic E-state index is 9.05. The average molecular weight is 345 g/mol. The van der Waals surface area contributed by atoms with Gasteiger partial charge < -0.3 is 10.1 Å². The first-order valence-corrected chi connectivity index (χ1v) is 8.69. The summed E-state index contributed by atoms with van der Waals surface area (Å²) in [5.74, 6) is 1.28. The number of thioether (sulfide) groups is 1. The Kier molecular flexibility index (Phi) is 6.67. The number of anilines is 2. The Balaban J connectivity index is 1.87. The van der Waals surface area contributed by atoms with Gasteiger partial charge in [0.05, 0.1) is 25.2 Å². The number of rotatable bonds is 8. The van der Waals surface area contributed by atoms with Gasteiger partial charge in [-0.1, -0.05) is 23.1 Å². The molecule has 1 atom stereocenters. The minimum atomic E-state index is -0.137. The van der Waals surface area contributed by atoms with E-state index in [-0.39, 0.29) is 5.92 Å². The molecule has 2 aromatic rings. The molecule has 0 aliphatic rings. The fraction of sp³-hybridized carbons (Fsp3) is 0.333. The summed E-state index contributed by atoms with van der Waals surface area (Å²) in [5, 5.41) is 29.7. The van der Waals surface area contributed by atoms with Crippen LogP contribution < -0.4 is 10.1 Å². The Morgan fingerprint density at radius 2 is 2.09 bits per heavy atom. The fourth-order valence-electron chi connectivity index (χ4n) is 1.71. The Bertz CT molecular complexity index is 702. The van der Waals surface area contributed by atoms with Gasteiger partial charge >= 0.3 is 0 Å². The Labute approximate surface area is 143 Å². The van der Waals surface area contributed by atoms with E-state index in [1.807, 2.05) is 24.3 Å². The maximum Gasteiger partial charge on any atom is 0.210 e. The standard InChI is InChI=1S/C15H15N5OS2/c1-21-13-6-4-12(5-7-13)18-14-19-20-15(23-14)22-10-11(9-17)3-2-8-16/h4-7,11H,2-3,10H2,1H3,(H,18,19)/t11-/m0/s1. The van der Waals surface area contributed by atoms with Gasteiger partial charge in [-0.2, -0.15) is 10.5 Å². The van der Waals surface area contributed by atoms with Crippen LogP contribution in [0.15, 0.2) is 28.6 Å². The van der Waals surface area contributed by atoms with Crippen LogP contribution in [0.3, 0.4) is 0 Å². The van der Waals surface area contributed by atoms with Crippen molar-refractivity contribution in [3.63, 3.8) is 0 Å². The topological polar surface area (TPSA) is 94.6 Å². The molecular weight excluding hydrogens is 330 g/mol. The lowest BCUT2D eigenvalue weighted by Crippen LogP contribution is -1.99. The predicted octanol–water partition coefficient (Wildman–Crippen LogP) is 3.83. The second-order valence-corrected chi connectivity index (χ2v) is 6.81. The van der Waals surface area contributed by atoms with Gasteiger partial charge in [-0.3, -0.25) is 0 Å². The smallest absolute Gasteiger partial charge is 0.210 e. The fourth-order valence-corrected chi connectivity index (χ4v) is 3.57. The van der Waals surface area contributed by atoms with E-state index in [0.717, 1.165) is 15.8 Å². The number of aromatic nitrogens is 2. The van der Waals surface area contributed by atoms with Gasteiger partial charge in [0.1, 0.15) is 5.75 Å². The van der Waals surface area contributed by atoms with Crippen LogP contribution in [0.1, 0.15) is 12.8 Å². The lowest BCUT2D eigenvalue weighted by atomic mass is 10.1. The van der Waals surface area contributed by atoms with Crippen LogP contribution in [-0.4, -0.2) is 23.1 Å². The molecule has 1 aromatic heterocycles. The molecule has 0 saturated heterocycles. The van der Waals surface area contributed by atoms with Crippen molar-refractivity contribution in [3.8, 4) is 17.9 Å². The molecule has 0 amide bonds. The van der Waals surface area contributed by atoms with E-state index in [1.54, 1.807) is 7.11 Å². The number of ether oxygens (including phenoxy) is 1. The number of nitrogens with one attached hydrogen (secondary N) is 1. The summed E-state index contributed by atoms with van der Waals surface area (Å²) in [4.78, 5) is 0. The maximum atomic E-state index is 9.05. The van der Waals surface area contributed by atoms with E-state index in [2.05, 4.69) is 27.7 Å². The number of methoxy groups -OCH3 is 1. The molecule has 118 valence electrons. The Morgan fingerprint density at radius 1 is 1.30 bits per heavy atom. The van der Waals surface area contributed by atoms with Crippen LogP contribution >= 0.6 is 23.1 Å². The van der Waals surface area contributed by atoms with Crippen LogP contribution in [-0.2, 0) is 0 Å². The molecule has 23 heavy (non-hydrogen) atoms. The summed E-state index contributed by atoms with van der Waals surface area (Å²) in [6, 6.07) is 11.8. The molecule has 2 rings (SSSR count). The summed E-state index contributed by atoms with van der Waals surface area (Å²) in [6.45, 7) is 0. The summed E-state index contributed by atoms with van der Waals surface area (Å²) in [7, 11) is 1.63. The van der Waals surface area contributed by atoms with Gasteiger partial charge in [0.2, 0.25) is 5.13 Å². The lowest BCUT2D eigenvalue weighted by Gasteiger charge is -2.04. The highest BCUT2D eigenvalue weighted by Crippen LogP contribution is 2.29. The van der Waals surface area contributed by atoms with E-state index in [9.17, 15) is 0 Å². The molecular formula is C15H15N5OS2. The molecule has 1 heterocycles. The van der Waals surface area contributed by atoms with Crippen molar-refractivity contribution >= 4 is 33.9 Å². The van der Waals surface area contributed by atoms with Gasteiger partial charge in [-0.15, -0.1) is 10.2 Å². The summed E-state index contributed by atoms with van der Waals surface area (Å²) >= 11 is 2.93. The largest absolute Gasteiger partial charge is 0.497 e. The summed E-state index contributed by atoms with van der Waals surface area (Å²) in [5.41, 5.74) is 0.905. The van der Waals surface area contributed by atoms with Crippen molar-refractivity contribution in [2.24, 2.45) is 5.92 Å². The van der Waals surface area contributed by atoms with Crippen molar-refractivity contribution in [2.75, 3.05) is 18.2 Å². The highest BCUT2D eigenvalue weighted by Gasteiger charge is 2.11. The zero-order valence-electron chi connectivity index (χ0n) is 12.5. The molecule has 0 spiro atoms. The van der Waals surface area contributed by atoms with Gasteiger partial charge in [-0.05, 0) is 30.7 Å². The molecule has 0 saturated carbocycles. The molecule has 0 unspecified atom stereocenters. The quantitative estimate of drug-likeness (QED) is 0.726. The molecule has 0 fully saturated rings. The van der Waals surface area contributed by atoms with Crippen LogP contribution in [0.4, 0.5) is 10.8 Å². The number of nitrogens with zero attached hydrogens (tertiary/aromatic N) is 4. The van der Waals surface area contributed by atoms with Crippen molar-refractivity contribution in [1.29, 1.82) is 10.5 Å². The third kappa shape index (κ3) is 5.44. The predicted molar refractivity (Wildman–Crippen MR) is 90.9 cm³/mol. The van der Waals surface area contributed by atoms with Crippen LogP contribution in [0.2, 0.25) is 0 Å². The number of benzene rings is 1. The minimum Gasteiger partial charge on any atom is -0.497 e.